The minimum absolute atomic E-state index is 0.400. The summed E-state index contributed by atoms with van der Waals surface area (Å²) in [6, 6.07) is 0. The molecule has 0 unspecified atom stereocenters. The van der Waals surface area contributed by atoms with Crippen LogP contribution in [0.3, 0.4) is 0 Å². The van der Waals surface area contributed by atoms with Gasteiger partial charge in [0.2, 0.25) is 0 Å². The standard InChI is InChI=1S/C10H17F2N3/c1-6(2)5-8-9(13-10(11)12)7(3)15(4)14-8/h6,10,13H,5H2,1-4H3. The van der Waals surface area contributed by atoms with Gasteiger partial charge in [-0.15, -0.1) is 0 Å². The lowest BCUT2D eigenvalue weighted by molar-refractivity contribution is 0.181. The van der Waals surface area contributed by atoms with Gasteiger partial charge in [0.1, 0.15) is 0 Å². The lowest BCUT2D eigenvalue weighted by atomic mass is 10.1. The van der Waals surface area contributed by atoms with E-state index >= 15 is 0 Å². The summed E-state index contributed by atoms with van der Waals surface area (Å²) in [5, 5.41) is 6.38. The molecule has 0 fully saturated rings. The second-order valence-electron chi connectivity index (χ2n) is 4.07. The zero-order chi connectivity index (χ0) is 11.6. The molecule has 3 nitrogen and oxygen atoms in total. The van der Waals surface area contributed by atoms with Crippen LogP contribution in [0.15, 0.2) is 0 Å². The highest BCUT2D eigenvalue weighted by Crippen LogP contribution is 2.23. The Balaban J connectivity index is 2.98. The Morgan fingerprint density at radius 1 is 1.40 bits per heavy atom. The van der Waals surface area contributed by atoms with Gasteiger partial charge in [-0.25, -0.2) is 0 Å². The molecule has 0 spiro atoms. The summed E-state index contributed by atoms with van der Waals surface area (Å²) in [7, 11) is 1.76. The van der Waals surface area contributed by atoms with Gasteiger partial charge in [0.25, 0.3) is 0 Å². The highest BCUT2D eigenvalue weighted by molar-refractivity contribution is 5.52. The van der Waals surface area contributed by atoms with E-state index in [4.69, 9.17) is 0 Å². The Morgan fingerprint density at radius 3 is 2.47 bits per heavy atom. The molecule has 5 heteroatoms. The van der Waals surface area contributed by atoms with E-state index in [2.05, 4.69) is 10.4 Å². The lowest BCUT2D eigenvalue weighted by Crippen LogP contribution is -2.09. The number of halogens is 2. The predicted molar refractivity (Wildman–Crippen MR) is 56.1 cm³/mol. The van der Waals surface area contributed by atoms with Gasteiger partial charge in [0.05, 0.1) is 17.1 Å². The first-order chi connectivity index (χ1) is 6.91. The van der Waals surface area contributed by atoms with Gasteiger partial charge in [-0.2, -0.15) is 13.9 Å². The summed E-state index contributed by atoms with van der Waals surface area (Å²) < 4.78 is 26.2. The third kappa shape index (κ3) is 2.91. The van der Waals surface area contributed by atoms with Crippen LogP contribution < -0.4 is 5.32 Å². The first-order valence-electron chi connectivity index (χ1n) is 4.99. The van der Waals surface area contributed by atoms with Crippen molar-refractivity contribution in [1.29, 1.82) is 0 Å². The fraction of sp³-hybridized carbons (Fsp3) is 0.700. The van der Waals surface area contributed by atoms with Crippen molar-refractivity contribution in [3.8, 4) is 0 Å². The molecule has 0 aromatic carbocycles. The van der Waals surface area contributed by atoms with Gasteiger partial charge in [-0.1, -0.05) is 13.8 Å². The second-order valence-corrected chi connectivity index (χ2v) is 4.07. The first kappa shape index (κ1) is 11.9. The van der Waals surface area contributed by atoms with E-state index in [1.807, 2.05) is 13.8 Å². The number of rotatable bonds is 4. The topological polar surface area (TPSA) is 29.9 Å². The first-order valence-corrected chi connectivity index (χ1v) is 4.99. The van der Waals surface area contributed by atoms with Gasteiger partial charge in [-0.3, -0.25) is 4.68 Å². The van der Waals surface area contributed by atoms with Gasteiger partial charge >= 0.3 is 6.55 Å². The average molecular weight is 217 g/mol. The molecular formula is C10H17F2N3. The molecule has 0 radical (unpaired) electrons. The van der Waals surface area contributed by atoms with E-state index < -0.39 is 6.55 Å². The number of alkyl halides is 2. The van der Waals surface area contributed by atoms with Gasteiger partial charge in [0, 0.05) is 7.05 Å². The molecule has 0 atom stereocenters. The monoisotopic (exact) mass is 217 g/mol. The molecule has 0 aliphatic rings. The summed E-state index contributed by atoms with van der Waals surface area (Å²) in [4.78, 5) is 0. The molecule has 1 aromatic heterocycles. The largest absolute Gasteiger partial charge is 0.327 e. The summed E-state index contributed by atoms with van der Waals surface area (Å²) in [6.07, 6.45) is 0.705. The van der Waals surface area contributed by atoms with Crippen molar-refractivity contribution in [1.82, 2.24) is 9.78 Å². The number of anilines is 1. The number of nitrogens with one attached hydrogen (secondary N) is 1. The molecule has 0 aliphatic carbocycles. The number of hydrogen-bond acceptors (Lipinski definition) is 2. The molecule has 86 valence electrons. The molecule has 0 saturated carbocycles. The van der Waals surface area contributed by atoms with Crippen LogP contribution in [0.2, 0.25) is 0 Å². The van der Waals surface area contributed by atoms with Crippen LogP contribution in [0.25, 0.3) is 0 Å². The molecule has 1 heterocycles. The Morgan fingerprint density at radius 2 is 2.00 bits per heavy atom. The molecular weight excluding hydrogens is 200 g/mol. The van der Waals surface area contributed by atoms with Crippen molar-refractivity contribution in [2.24, 2.45) is 13.0 Å². The molecule has 0 saturated heterocycles. The van der Waals surface area contributed by atoms with E-state index in [1.165, 1.54) is 0 Å². The molecule has 15 heavy (non-hydrogen) atoms. The fourth-order valence-electron chi connectivity index (χ4n) is 1.50. The summed E-state index contributed by atoms with van der Waals surface area (Å²) in [5.74, 6) is 0.400. The van der Waals surface area contributed by atoms with Gasteiger partial charge < -0.3 is 5.32 Å². The van der Waals surface area contributed by atoms with E-state index in [1.54, 1.807) is 18.7 Å². The molecule has 0 aliphatic heterocycles. The van der Waals surface area contributed by atoms with E-state index in [0.29, 0.717) is 23.7 Å². The van der Waals surface area contributed by atoms with Crippen LogP contribution in [-0.2, 0) is 13.5 Å². The minimum Gasteiger partial charge on any atom is -0.327 e. The zero-order valence-electron chi connectivity index (χ0n) is 9.51. The Bertz CT molecular complexity index is 332. The molecule has 0 amide bonds. The second kappa shape index (κ2) is 4.59. The Kier molecular flexibility index (Phi) is 3.66. The zero-order valence-corrected chi connectivity index (χ0v) is 9.51. The molecule has 1 N–H and O–H groups in total. The van der Waals surface area contributed by atoms with Crippen molar-refractivity contribution in [3.63, 3.8) is 0 Å². The van der Waals surface area contributed by atoms with Crippen LogP contribution in [0.5, 0.6) is 0 Å². The van der Waals surface area contributed by atoms with Crippen molar-refractivity contribution < 1.29 is 8.78 Å². The fourth-order valence-corrected chi connectivity index (χ4v) is 1.50. The van der Waals surface area contributed by atoms with Crippen molar-refractivity contribution >= 4 is 5.69 Å². The maximum Gasteiger partial charge on any atom is 0.313 e. The Hall–Kier alpha value is -1.13. The molecule has 1 rings (SSSR count). The Labute approximate surface area is 88.5 Å². The minimum atomic E-state index is -2.54. The number of nitrogens with zero attached hydrogens (tertiary/aromatic N) is 2. The van der Waals surface area contributed by atoms with Crippen LogP contribution in [0, 0.1) is 12.8 Å². The van der Waals surface area contributed by atoms with Crippen LogP contribution >= 0.6 is 0 Å². The van der Waals surface area contributed by atoms with Gasteiger partial charge in [-0.05, 0) is 19.3 Å². The lowest BCUT2D eigenvalue weighted by Gasteiger charge is -2.07. The summed E-state index contributed by atoms with van der Waals surface area (Å²) >= 11 is 0. The third-order valence-corrected chi connectivity index (χ3v) is 2.26. The number of aromatic nitrogens is 2. The molecule has 1 aromatic rings. The summed E-state index contributed by atoms with van der Waals surface area (Å²) in [6.45, 7) is 3.31. The van der Waals surface area contributed by atoms with E-state index in [0.717, 1.165) is 5.69 Å². The van der Waals surface area contributed by atoms with E-state index in [-0.39, 0.29) is 0 Å². The smallest absolute Gasteiger partial charge is 0.313 e. The van der Waals surface area contributed by atoms with Crippen molar-refractivity contribution in [2.75, 3.05) is 5.32 Å². The normalized spacial score (nSPS) is 11.5. The summed E-state index contributed by atoms with van der Waals surface area (Å²) in [5.41, 5.74) is 1.93. The van der Waals surface area contributed by atoms with Crippen LogP contribution in [-0.4, -0.2) is 16.3 Å². The highest BCUT2D eigenvalue weighted by atomic mass is 19.3. The van der Waals surface area contributed by atoms with Crippen molar-refractivity contribution in [3.05, 3.63) is 11.4 Å². The van der Waals surface area contributed by atoms with Gasteiger partial charge in [0.15, 0.2) is 0 Å². The third-order valence-electron chi connectivity index (χ3n) is 2.26. The number of hydrogen-bond donors (Lipinski definition) is 1. The van der Waals surface area contributed by atoms with E-state index in [9.17, 15) is 8.78 Å². The highest BCUT2D eigenvalue weighted by Gasteiger charge is 2.16. The quantitative estimate of drug-likeness (QED) is 0.785. The maximum atomic E-state index is 12.3. The molecule has 0 bridgehead atoms. The van der Waals surface area contributed by atoms with Crippen molar-refractivity contribution in [2.45, 2.75) is 33.7 Å². The van der Waals surface area contributed by atoms with Crippen LogP contribution in [0.1, 0.15) is 25.2 Å². The van der Waals surface area contributed by atoms with Crippen LogP contribution in [0.4, 0.5) is 14.5 Å². The SMILES string of the molecule is Cc1c(NC(F)F)c(CC(C)C)nn1C. The average Bonchev–Trinajstić information content (AvgIpc) is 2.31. The number of aryl methyl sites for hydroxylation is 1. The predicted octanol–water partition coefficient (Wildman–Crippen LogP) is 2.56. The maximum absolute atomic E-state index is 12.3.